The largest absolute Gasteiger partial charge is 0.473 e. The first-order valence-corrected chi connectivity index (χ1v) is 7.71. The van der Waals surface area contributed by atoms with Gasteiger partial charge in [0.25, 0.3) is 5.70 Å². The van der Waals surface area contributed by atoms with Gasteiger partial charge >= 0.3 is 0 Å². The summed E-state index contributed by atoms with van der Waals surface area (Å²) in [7, 11) is 0. The number of fused-ring (bicyclic) bond motifs is 1. The lowest BCUT2D eigenvalue weighted by Gasteiger charge is -2.23. The van der Waals surface area contributed by atoms with Gasteiger partial charge in [0.05, 0.1) is 9.40 Å². The third-order valence-corrected chi connectivity index (χ3v) is 4.34. The Kier molecular flexibility index (Phi) is 3.82. The smallest absolute Gasteiger partial charge is 0.291 e. The van der Waals surface area contributed by atoms with E-state index < -0.39 is 11.0 Å². The van der Waals surface area contributed by atoms with Crippen LogP contribution in [0.4, 0.5) is 0 Å². The van der Waals surface area contributed by atoms with E-state index in [-0.39, 0.29) is 5.70 Å². The maximum atomic E-state index is 11.3. The molecule has 1 atom stereocenters. The second-order valence-corrected chi connectivity index (χ2v) is 6.30. The molecule has 2 aromatic carbocycles. The average Bonchev–Trinajstić information content (AvgIpc) is 2.47. The Morgan fingerprint density at radius 3 is 2.48 bits per heavy atom. The third-order valence-electron chi connectivity index (χ3n) is 3.19. The van der Waals surface area contributed by atoms with Gasteiger partial charge in [-0.3, -0.25) is 10.1 Å². The molecular weight excluding hydrogens is 402 g/mol. The second-order valence-electron chi connectivity index (χ2n) is 4.53. The summed E-state index contributed by atoms with van der Waals surface area (Å²) >= 11 is 6.77. The highest BCUT2D eigenvalue weighted by atomic mass is 79.9. The monoisotopic (exact) mass is 409 g/mol. The summed E-state index contributed by atoms with van der Waals surface area (Å²) in [5, 5.41) is 11.3. The molecule has 106 valence electrons. The lowest BCUT2D eigenvalue weighted by molar-refractivity contribution is -0.434. The summed E-state index contributed by atoms with van der Waals surface area (Å²) < 4.78 is 7.58. The summed E-state index contributed by atoms with van der Waals surface area (Å²) in [5.74, 6) is 0.621. The van der Waals surface area contributed by atoms with Gasteiger partial charge in [0, 0.05) is 21.7 Å². The molecule has 21 heavy (non-hydrogen) atoms. The Balaban J connectivity index is 2.11. The number of nitrogens with zero attached hydrogens (tertiary/aromatic N) is 1. The van der Waals surface area contributed by atoms with Gasteiger partial charge in [0.1, 0.15) is 5.75 Å². The van der Waals surface area contributed by atoms with Gasteiger partial charge in [0.15, 0.2) is 0 Å². The van der Waals surface area contributed by atoms with Crippen molar-refractivity contribution in [3.05, 3.63) is 78.3 Å². The van der Waals surface area contributed by atoms with Crippen LogP contribution in [0.25, 0.3) is 6.08 Å². The van der Waals surface area contributed by atoms with Crippen LogP contribution in [0, 0.1) is 10.1 Å². The maximum absolute atomic E-state index is 11.3. The molecule has 0 spiro atoms. The first-order valence-electron chi connectivity index (χ1n) is 6.13. The summed E-state index contributed by atoms with van der Waals surface area (Å²) in [5.41, 5.74) is 1.47. The molecule has 0 amide bonds. The van der Waals surface area contributed by atoms with E-state index in [9.17, 15) is 10.1 Å². The highest BCUT2D eigenvalue weighted by Gasteiger charge is 2.33. The van der Waals surface area contributed by atoms with Gasteiger partial charge in [-0.2, -0.15) is 0 Å². The molecule has 0 N–H and O–H groups in total. The second kappa shape index (κ2) is 5.61. The molecule has 3 rings (SSSR count). The number of nitro groups is 1. The van der Waals surface area contributed by atoms with Crippen LogP contribution in [-0.2, 0) is 0 Å². The predicted octanol–water partition coefficient (Wildman–Crippen LogP) is 4.96. The molecule has 0 bridgehead atoms. The molecule has 0 fully saturated rings. The van der Waals surface area contributed by atoms with E-state index in [0.29, 0.717) is 11.3 Å². The molecule has 0 aliphatic carbocycles. The van der Waals surface area contributed by atoms with Gasteiger partial charge in [-0.15, -0.1) is 0 Å². The van der Waals surface area contributed by atoms with Crippen molar-refractivity contribution in [2.45, 2.75) is 6.10 Å². The fourth-order valence-electron chi connectivity index (χ4n) is 2.20. The van der Waals surface area contributed by atoms with Crippen molar-refractivity contribution in [1.29, 1.82) is 0 Å². The van der Waals surface area contributed by atoms with Gasteiger partial charge < -0.3 is 4.74 Å². The summed E-state index contributed by atoms with van der Waals surface area (Å²) in [6.07, 6.45) is 0.843. The molecule has 1 heterocycles. The first-order chi connectivity index (χ1) is 10.1. The van der Waals surface area contributed by atoms with E-state index in [1.54, 1.807) is 12.1 Å². The van der Waals surface area contributed by atoms with Gasteiger partial charge in [-0.25, -0.2) is 0 Å². The van der Waals surface area contributed by atoms with E-state index in [1.807, 2.05) is 36.4 Å². The Morgan fingerprint density at radius 2 is 1.81 bits per heavy atom. The molecule has 0 saturated heterocycles. The molecule has 4 nitrogen and oxygen atoms in total. The van der Waals surface area contributed by atoms with Crippen LogP contribution in [0.5, 0.6) is 5.75 Å². The number of benzene rings is 2. The van der Waals surface area contributed by atoms with Crippen molar-refractivity contribution in [1.82, 2.24) is 0 Å². The zero-order valence-electron chi connectivity index (χ0n) is 10.6. The molecule has 2 aromatic rings. The SMILES string of the molecule is O=[N+]([O-])C1=Cc2cccc(Br)c2OC1c1ccc(Br)cc1. The van der Waals surface area contributed by atoms with Crippen molar-refractivity contribution in [3.8, 4) is 5.75 Å². The van der Waals surface area contributed by atoms with Crippen LogP contribution < -0.4 is 4.74 Å². The highest BCUT2D eigenvalue weighted by molar-refractivity contribution is 9.10. The normalized spacial score (nSPS) is 16.7. The van der Waals surface area contributed by atoms with E-state index >= 15 is 0 Å². The number of rotatable bonds is 2. The molecule has 1 aliphatic heterocycles. The minimum atomic E-state index is -0.723. The van der Waals surface area contributed by atoms with Gasteiger partial charge in [-0.05, 0) is 34.1 Å². The predicted molar refractivity (Wildman–Crippen MR) is 86.6 cm³/mol. The van der Waals surface area contributed by atoms with Crippen molar-refractivity contribution < 1.29 is 9.66 Å². The first kappa shape index (κ1) is 14.3. The lowest BCUT2D eigenvalue weighted by atomic mass is 10.0. The van der Waals surface area contributed by atoms with Crippen LogP contribution >= 0.6 is 31.9 Å². The molecule has 1 aliphatic rings. The van der Waals surface area contributed by atoms with Crippen LogP contribution in [0.1, 0.15) is 17.2 Å². The fourth-order valence-corrected chi connectivity index (χ4v) is 2.94. The van der Waals surface area contributed by atoms with Crippen LogP contribution in [0.2, 0.25) is 0 Å². The van der Waals surface area contributed by atoms with Gasteiger partial charge in [-0.1, -0.05) is 40.2 Å². The van der Waals surface area contributed by atoms with Crippen molar-refractivity contribution in [2.75, 3.05) is 0 Å². The molecule has 1 unspecified atom stereocenters. The third kappa shape index (κ3) is 2.73. The standard InChI is InChI=1S/C15H9Br2NO3/c16-11-6-4-9(5-7-11)15-13(18(19)20)8-10-2-1-3-12(17)14(10)21-15/h1-8,15H. The molecule has 0 aromatic heterocycles. The Morgan fingerprint density at radius 1 is 1.10 bits per heavy atom. The summed E-state index contributed by atoms with van der Waals surface area (Å²) in [4.78, 5) is 10.9. The van der Waals surface area contributed by atoms with Gasteiger partial charge in [0.2, 0.25) is 6.10 Å². The van der Waals surface area contributed by atoms with Crippen molar-refractivity contribution in [3.63, 3.8) is 0 Å². The number of para-hydroxylation sites is 1. The highest BCUT2D eigenvalue weighted by Crippen LogP contribution is 2.41. The zero-order chi connectivity index (χ0) is 15.0. The molecular formula is C15H9Br2NO3. The molecule has 0 radical (unpaired) electrons. The van der Waals surface area contributed by atoms with Crippen LogP contribution in [-0.4, -0.2) is 4.92 Å². The number of ether oxygens (including phenoxy) is 1. The molecule has 6 heteroatoms. The van der Waals surface area contributed by atoms with Crippen molar-refractivity contribution in [2.24, 2.45) is 0 Å². The fraction of sp³-hybridized carbons (Fsp3) is 0.0667. The minimum Gasteiger partial charge on any atom is -0.473 e. The lowest BCUT2D eigenvalue weighted by Crippen LogP contribution is -2.19. The van der Waals surface area contributed by atoms with Crippen LogP contribution in [0.15, 0.2) is 57.1 Å². The van der Waals surface area contributed by atoms with Crippen LogP contribution in [0.3, 0.4) is 0 Å². The van der Waals surface area contributed by atoms with E-state index in [1.165, 1.54) is 0 Å². The Hall–Kier alpha value is -1.66. The van der Waals surface area contributed by atoms with E-state index in [0.717, 1.165) is 14.5 Å². The van der Waals surface area contributed by atoms with E-state index in [2.05, 4.69) is 31.9 Å². The number of hydrogen-bond donors (Lipinski definition) is 0. The average molecular weight is 411 g/mol. The van der Waals surface area contributed by atoms with Crippen molar-refractivity contribution >= 4 is 37.9 Å². The summed E-state index contributed by atoms with van der Waals surface area (Å²) in [6.45, 7) is 0. The Labute approximate surface area is 137 Å². The quantitative estimate of drug-likeness (QED) is 0.519. The zero-order valence-corrected chi connectivity index (χ0v) is 13.8. The number of hydrogen-bond acceptors (Lipinski definition) is 3. The van der Waals surface area contributed by atoms with E-state index in [4.69, 9.17) is 4.74 Å². The Bertz CT molecular complexity index is 741. The summed E-state index contributed by atoms with van der Waals surface area (Å²) in [6, 6.07) is 12.8. The minimum absolute atomic E-state index is 0.0305. The number of halogens is 2. The maximum Gasteiger partial charge on any atom is 0.291 e. The molecule has 0 saturated carbocycles. The topological polar surface area (TPSA) is 52.4 Å².